The molecule has 138 valence electrons. The average molecular weight is 362 g/mol. The summed E-state index contributed by atoms with van der Waals surface area (Å²) in [5, 5.41) is 3.01. The van der Waals surface area contributed by atoms with Crippen LogP contribution in [0, 0.1) is 6.92 Å². The molecule has 2 heterocycles. The van der Waals surface area contributed by atoms with Crippen LogP contribution in [0.2, 0.25) is 0 Å². The molecular formula is C21H22N4O2. The summed E-state index contributed by atoms with van der Waals surface area (Å²) < 4.78 is 5.13. The van der Waals surface area contributed by atoms with E-state index in [1.54, 1.807) is 25.7 Å². The number of amides is 1. The molecule has 3 rings (SSSR count). The summed E-state index contributed by atoms with van der Waals surface area (Å²) in [5.74, 6) is 1.37. The van der Waals surface area contributed by atoms with Crippen molar-refractivity contribution in [3.63, 3.8) is 0 Å². The van der Waals surface area contributed by atoms with Gasteiger partial charge in [-0.25, -0.2) is 9.97 Å². The molecule has 1 aromatic carbocycles. The number of nitrogens with zero attached hydrogens (tertiary/aromatic N) is 3. The zero-order valence-electron chi connectivity index (χ0n) is 15.6. The lowest BCUT2D eigenvalue weighted by molar-refractivity contribution is -0.121. The van der Waals surface area contributed by atoms with Crippen molar-refractivity contribution in [2.75, 3.05) is 7.11 Å². The molecule has 1 unspecified atom stereocenters. The molecule has 0 fully saturated rings. The Morgan fingerprint density at radius 3 is 2.48 bits per heavy atom. The number of hydrogen-bond acceptors (Lipinski definition) is 5. The van der Waals surface area contributed by atoms with E-state index in [9.17, 15) is 4.79 Å². The van der Waals surface area contributed by atoms with Crippen LogP contribution in [0.1, 0.15) is 29.8 Å². The molecule has 27 heavy (non-hydrogen) atoms. The van der Waals surface area contributed by atoms with Crippen LogP contribution in [0.4, 0.5) is 0 Å². The Kier molecular flexibility index (Phi) is 5.76. The molecule has 0 aliphatic rings. The van der Waals surface area contributed by atoms with Crippen LogP contribution in [0.5, 0.6) is 5.75 Å². The number of pyridine rings is 1. The van der Waals surface area contributed by atoms with E-state index in [1.165, 1.54) is 0 Å². The quantitative estimate of drug-likeness (QED) is 0.728. The summed E-state index contributed by atoms with van der Waals surface area (Å²) in [4.78, 5) is 25.4. The van der Waals surface area contributed by atoms with Crippen molar-refractivity contribution in [2.45, 2.75) is 26.3 Å². The highest BCUT2D eigenvalue weighted by Gasteiger charge is 2.14. The van der Waals surface area contributed by atoms with Crippen molar-refractivity contribution in [3.05, 3.63) is 71.8 Å². The van der Waals surface area contributed by atoms with Gasteiger partial charge in [-0.3, -0.25) is 9.78 Å². The highest BCUT2D eigenvalue weighted by atomic mass is 16.5. The molecular weight excluding hydrogens is 340 g/mol. The number of hydrogen-bond donors (Lipinski definition) is 1. The first-order valence-electron chi connectivity index (χ1n) is 8.73. The lowest BCUT2D eigenvalue weighted by Crippen LogP contribution is -2.28. The smallest absolute Gasteiger partial charge is 0.224 e. The first kappa shape index (κ1) is 18.5. The Labute approximate surface area is 158 Å². The van der Waals surface area contributed by atoms with Crippen molar-refractivity contribution >= 4 is 5.91 Å². The Morgan fingerprint density at radius 2 is 1.85 bits per heavy atom. The monoisotopic (exact) mass is 362 g/mol. The molecule has 0 saturated heterocycles. The summed E-state index contributed by atoms with van der Waals surface area (Å²) in [6.45, 7) is 3.86. The third kappa shape index (κ3) is 4.67. The molecule has 0 bridgehead atoms. The van der Waals surface area contributed by atoms with E-state index in [-0.39, 0.29) is 11.9 Å². The molecule has 0 radical (unpaired) electrons. The van der Waals surface area contributed by atoms with Gasteiger partial charge in [-0.05, 0) is 43.7 Å². The lowest BCUT2D eigenvalue weighted by atomic mass is 10.1. The van der Waals surface area contributed by atoms with Crippen LogP contribution < -0.4 is 10.1 Å². The van der Waals surface area contributed by atoms with Crippen LogP contribution in [-0.2, 0) is 11.2 Å². The molecule has 2 aromatic heterocycles. The van der Waals surface area contributed by atoms with Crippen molar-refractivity contribution in [1.82, 2.24) is 20.3 Å². The van der Waals surface area contributed by atoms with Gasteiger partial charge in [0.15, 0.2) is 5.82 Å². The fourth-order valence-electron chi connectivity index (χ4n) is 2.84. The minimum Gasteiger partial charge on any atom is -0.497 e. The Morgan fingerprint density at radius 1 is 1.15 bits per heavy atom. The second-order valence-corrected chi connectivity index (χ2v) is 6.28. The van der Waals surface area contributed by atoms with Crippen molar-refractivity contribution in [2.24, 2.45) is 0 Å². The maximum Gasteiger partial charge on any atom is 0.224 e. The zero-order valence-corrected chi connectivity index (χ0v) is 15.6. The first-order valence-corrected chi connectivity index (χ1v) is 8.73. The maximum absolute atomic E-state index is 12.4. The number of carbonyl (C=O) groups is 1. The number of methoxy groups -OCH3 is 1. The molecule has 1 N–H and O–H groups in total. The number of aryl methyl sites for hydroxylation is 1. The van der Waals surface area contributed by atoms with Crippen LogP contribution in [0.3, 0.4) is 0 Å². The molecule has 3 aromatic rings. The van der Waals surface area contributed by atoms with Crippen molar-refractivity contribution < 1.29 is 9.53 Å². The predicted molar refractivity (Wildman–Crippen MR) is 103 cm³/mol. The molecule has 0 spiro atoms. The summed E-state index contributed by atoms with van der Waals surface area (Å²) in [5.41, 5.74) is 3.59. The van der Waals surface area contributed by atoms with E-state index in [1.807, 2.05) is 50.2 Å². The number of nitrogens with one attached hydrogen (secondary N) is 1. The topological polar surface area (TPSA) is 77.0 Å². The number of aromatic nitrogens is 3. The summed E-state index contributed by atoms with van der Waals surface area (Å²) in [6, 6.07) is 11.0. The third-order valence-electron chi connectivity index (χ3n) is 4.32. The lowest BCUT2D eigenvalue weighted by Gasteiger charge is -2.16. The molecule has 1 atom stereocenters. The molecule has 6 heteroatoms. The third-order valence-corrected chi connectivity index (χ3v) is 4.32. The van der Waals surface area contributed by atoms with E-state index in [0.29, 0.717) is 12.2 Å². The Bertz CT molecular complexity index is 911. The number of ether oxygens (including phenoxy) is 1. The van der Waals surface area contributed by atoms with E-state index in [2.05, 4.69) is 20.3 Å². The molecule has 0 aliphatic heterocycles. The standard InChI is InChI=1S/C21H22N4O2/c1-14(24-20(26)12-16-4-6-18(27-3)7-5-16)19-13-23-21(25-15(19)2)17-8-10-22-11-9-17/h4-11,13-14H,12H2,1-3H3,(H,24,26). The minimum atomic E-state index is -0.178. The number of rotatable bonds is 6. The van der Waals surface area contributed by atoms with E-state index < -0.39 is 0 Å². The normalized spacial score (nSPS) is 11.7. The average Bonchev–Trinajstić information content (AvgIpc) is 2.69. The SMILES string of the molecule is COc1ccc(CC(=O)NC(C)c2cnc(-c3ccncc3)nc2C)cc1. The van der Waals surface area contributed by atoms with Crippen LogP contribution in [0.15, 0.2) is 55.0 Å². The molecule has 6 nitrogen and oxygen atoms in total. The second kappa shape index (κ2) is 8.40. The van der Waals surface area contributed by atoms with Crippen LogP contribution >= 0.6 is 0 Å². The largest absolute Gasteiger partial charge is 0.497 e. The van der Waals surface area contributed by atoms with E-state index in [0.717, 1.165) is 28.1 Å². The van der Waals surface area contributed by atoms with E-state index in [4.69, 9.17) is 4.74 Å². The number of carbonyl (C=O) groups excluding carboxylic acids is 1. The first-order chi connectivity index (χ1) is 13.1. The van der Waals surface area contributed by atoms with Crippen molar-refractivity contribution in [3.8, 4) is 17.1 Å². The van der Waals surface area contributed by atoms with Gasteiger partial charge in [-0.1, -0.05) is 12.1 Å². The molecule has 1 amide bonds. The Hall–Kier alpha value is -3.28. The highest BCUT2D eigenvalue weighted by Crippen LogP contribution is 2.19. The maximum atomic E-state index is 12.4. The van der Waals surface area contributed by atoms with Crippen LogP contribution in [0.25, 0.3) is 11.4 Å². The fourth-order valence-corrected chi connectivity index (χ4v) is 2.84. The van der Waals surface area contributed by atoms with Gasteiger partial charge in [0.25, 0.3) is 0 Å². The van der Waals surface area contributed by atoms with Gasteiger partial charge < -0.3 is 10.1 Å². The summed E-state index contributed by atoms with van der Waals surface area (Å²) >= 11 is 0. The number of benzene rings is 1. The van der Waals surface area contributed by atoms with Gasteiger partial charge >= 0.3 is 0 Å². The van der Waals surface area contributed by atoms with Crippen LogP contribution in [-0.4, -0.2) is 28.0 Å². The van der Waals surface area contributed by atoms with E-state index >= 15 is 0 Å². The zero-order chi connectivity index (χ0) is 19.2. The van der Waals surface area contributed by atoms with Gasteiger partial charge in [0.05, 0.1) is 19.6 Å². The second-order valence-electron chi connectivity index (χ2n) is 6.28. The predicted octanol–water partition coefficient (Wildman–Crippen LogP) is 3.28. The van der Waals surface area contributed by atoms with Gasteiger partial charge in [0, 0.05) is 35.4 Å². The molecule has 0 aliphatic carbocycles. The van der Waals surface area contributed by atoms with Gasteiger partial charge in [0.2, 0.25) is 5.91 Å². The summed E-state index contributed by atoms with van der Waals surface area (Å²) in [7, 11) is 1.62. The fraction of sp³-hybridized carbons (Fsp3) is 0.238. The Balaban J connectivity index is 1.66. The van der Waals surface area contributed by atoms with Gasteiger partial charge in [-0.15, -0.1) is 0 Å². The highest BCUT2D eigenvalue weighted by molar-refractivity contribution is 5.79. The summed E-state index contributed by atoms with van der Waals surface area (Å²) in [6.07, 6.45) is 5.51. The van der Waals surface area contributed by atoms with Gasteiger partial charge in [-0.2, -0.15) is 0 Å². The molecule has 0 saturated carbocycles. The minimum absolute atomic E-state index is 0.0507. The van der Waals surface area contributed by atoms with Crippen molar-refractivity contribution in [1.29, 1.82) is 0 Å². The van der Waals surface area contributed by atoms with Gasteiger partial charge in [0.1, 0.15) is 5.75 Å².